The van der Waals surface area contributed by atoms with E-state index in [0.717, 1.165) is 11.3 Å². The highest BCUT2D eigenvalue weighted by molar-refractivity contribution is 5.94. The summed E-state index contributed by atoms with van der Waals surface area (Å²) in [7, 11) is 0. The molecule has 1 amide bonds. The standard InChI is InChI=1S/C14H20N6O/c1-9(2)6-12(15)14(21)17-11-4-5-13(10(3)7-11)20-8-16-18-19-20/h4-5,7-9,12H,6,15H2,1-3H3,(H,17,21)/t12-/m1/s1. The maximum absolute atomic E-state index is 12.0. The minimum atomic E-state index is -0.496. The van der Waals surface area contributed by atoms with Crippen LogP contribution in [-0.2, 0) is 4.79 Å². The number of tetrazole rings is 1. The third-order valence-corrected chi connectivity index (χ3v) is 3.12. The van der Waals surface area contributed by atoms with Crippen LogP contribution in [0.25, 0.3) is 5.69 Å². The molecule has 0 fully saturated rings. The molecule has 0 aliphatic carbocycles. The number of nitrogens with two attached hydrogens (primary N) is 1. The van der Waals surface area contributed by atoms with E-state index in [4.69, 9.17) is 5.73 Å². The number of carbonyl (C=O) groups is 1. The molecule has 7 nitrogen and oxygen atoms in total. The van der Waals surface area contributed by atoms with Crippen molar-refractivity contribution in [3.63, 3.8) is 0 Å². The normalized spacial score (nSPS) is 12.4. The summed E-state index contributed by atoms with van der Waals surface area (Å²) in [6.07, 6.45) is 2.19. The van der Waals surface area contributed by atoms with E-state index in [1.807, 2.05) is 39.0 Å². The van der Waals surface area contributed by atoms with E-state index >= 15 is 0 Å². The van der Waals surface area contributed by atoms with Crippen LogP contribution in [-0.4, -0.2) is 32.2 Å². The molecule has 1 atom stereocenters. The van der Waals surface area contributed by atoms with E-state index < -0.39 is 6.04 Å². The fraction of sp³-hybridized carbons (Fsp3) is 0.429. The van der Waals surface area contributed by atoms with Crippen LogP contribution in [0.4, 0.5) is 5.69 Å². The molecule has 1 aromatic carbocycles. The van der Waals surface area contributed by atoms with Crippen LogP contribution >= 0.6 is 0 Å². The highest BCUT2D eigenvalue weighted by Gasteiger charge is 2.15. The number of benzene rings is 1. The third kappa shape index (κ3) is 3.85. The Kier molecular flexibility index (Phi) is 4.64. The summed E-state index contributed by atoms with van der Waals surface area (Å²) < 4.78 is 1.57. The van der Waals surface area contributed by atoms with Gasteiger partial charge in [-0.25, -0.2) is 4.68 Å². The van der Waals surface area contributed by atoms with Crippen molar-refractivity contribution in [3.8, 4) is 5.69 Å². The number of amides is 1. The number of nitrogens with one attached hydrogen (secondary N) is 1. The number of aryl methyl sites for hydroxylation is 1. The van der Waals surface area contributed by atoms with Crippen molar-refractivity contribution in [3.05, 3.63) is 30.1 Å². The lowest BCUT2D eigenvalue weighted by molar-refractivity contribution is -0.117. The van der Waals surface area contributed by atoms with Crippen LogP contribution in [0.1, 0.15) is 25.8 Å². The van der Waals surface area contributed by atoms with Gasteiger partial charge in [0.2, 0.25) is 5.91 Å². The number of rotatable bonds is 5. The maximum atomic E-state index is 12.0. The lowest BCUT2D eigenvalue weighted by Crippen LogP contribution is -2.36. The summed E-state index contributed by atoms with van der Waals surface area (Å²) in [5, 5.41) is 13.9. The number of carbonyl (C=O) groups excluding carboxylic acids is 1. The molecule has 21 heavy (non-hydrogen) atoms. The van der Waals surface area contributed by atoms with Crippen molar-refractivity contribution in [2.24, 2.45) is 11.7 Å². The van der Waals surface area contributed by atoms with Crippen LogP contribution in [0.5, 0.6) is 0 Å². The van der Waals surface area contributed by atoms with Crippen LogP contribution < -0.4 is 11.1 Å². The Morgan fingerprint density at radius 3 is 2.76 bits per heavy atom. The van der Waals surface area contributed by atoms with Gasteiger partial charge in [-0.1, -0.05) is 13.8 Å². The second-order valence-corrected chi connectivity index (χ2v) is 5.48. The minimum absolute atomic E-state index is 0.168. The molecule has 3 N–H and O–H groups in total. The van der Waals surface area contributed by atoms with Gasteiger partial charge in [0.15, 0.2) is 0 Å². The zero-order chi connectivity index (χ0) is 15.4. The van der Waals surface area contributed by atoms with Crippen LogP contribution in [0, 0.1) is 12.8 Å². The molecule has 112 valence electrons. The van der Waals surface area contributed by atoms with Crippen LogP contribution in [0.15, 0.2) is 24.5 Å². The summed E-state index contributed by atoms with van der Waals surface area (Å²) in [6, 6.07) is 5.04. The van der Waals surface area contributed by atoms with E-state index in [-0.39, 0.29) is 5.91 Å². The fourth-order valence-electron chi connectivity index (χ4n) is 2.11. The highest BCUT2D eigenvalue weighted by atomic mass is 16.2. The number of anilines is 1. The number of aromatic nitrogens is 4. The quantitative estimate of drug-likeness (QED) is 0.863. The monoisotopic (exact) mass is 288 g/mol. The molecular weight excluding hydrogens is 268 g/mol. The van der Waals surface area contributed by atoms with Gasteiger partial charge >= 0.3 is 0 Å². The van der Waals surface area contributed by atoms with E-state index in [0.29, 0.717) is 18.0 Å². The first-order valence-corrected chi connectivity index (χ1v) is 6.88. The van der Waals surface area contributed by atoms with Gasteiger partial charge in [0.25, 0.3) is 0 Å². The average Bonchev–Trinajstić information content (AvgIpc) is 2.91. The molecule has 1 aromatic heterocycles. The van der Waals surface area contributed by atoms with Crippen molar-refractivity contribution in [2.75, 3.05) is 5.32 Å². The Balaban J connectivity index is 2.09. The Morgan fingerprint density at radius 2 is 2.19 bits per heavy atom. The Labute approximate surface area is 123 Å². The van der Waals surface area contributed by atoms with Gasteiger partial charge in [0.1, 0.15) is 6.33 Å². The van der Waals surface area contributed by atoms with E-state index in [2.05, 4.69) is 20.8 Å². The molecule has 0 spiro atoms. The zero-order valence-electron chi connectivity index (χ0n) is 12.4. The predicted octanol–water partition coefficient (Wildman–Crippen LogP) is 1.28. The summed E-state index contributed by atoms with van der Waals surface area (Å²) >= 11 is 0. The molecule has 0 radical (unpaired) electrons. The smallest absolute Gasteiger partial charge is 0.241 e. The lowest BCUT2D eigenvalue weighted by Gasteiger charge is -2.15. The number of hydrogen-bond acceptors (Lipinski definition) is 5. The summed E-state index contributed by atoms with van der Waals surface area (Å²) in [5.41, 5.74) is 8.41. The molecule has 2 aromatic rings. The Hall–Kier alpha value is -2.28. The molecule has 0 unspecified atom stereocenters. The summed E-state index contributed by atoms with van der Waals surface area (Å²) in [5.74, 6) is 0.216. The number of hydrogen-bond donors (Lipinski definition) is 2. The molecular formula is C14H20N6O. The largest absolute Gasteiger partial charge is 0.325 e. The van der Waals surface area contributed by atoms with Crippen molar-refractivity contribution in [1.29, 1.82) is 0 Å². The first-order valence-electron chi connectivity index (χ1n) is 6.88. The second kappa shape index (κ2) is 6.45. The van der Waals surface area contributed by atoms with Gasteiger partial charge in [-0.05, 0) is 53.5 Å². The average molecular weight is 288 g/mol. The van der Waals surface area contributed by atoms with E-state index in [1.165, 1.54) is 6.33 Å². The van der Waals surface area contributed by atoms with Gasteiger partial charge in [-0.2, -0.15) is 0 Å². The molecule has 0 saturated carbocycles. The SMILES string of the molecule is Cc1cc(NC(=O)[C@H](N)CC(C)C)ccc1-n1cnnn1. The first kappa shape index (κ1) is 15.1. The van der Waals surface area contributed by atoms with Crippen LogP contribution in [0.2, 0.25) is 0 Å². The van der Waals surface area contributed by atoms with Gasteiger partial charge in [0.05, 0.1) is 11.7 Å². The molecule has 0 aliphatic heterocycles. The number of nitrogens with zero attached hydrogens (tertiary/aromatic N) is 4. The topological polar surface area (TPSA) is 98.7 Å². The third-order valence-electron chi connectivity index (χ3n) is 3.12. The van der Waals surface area contributed by atoms with Crippen LogP contribution in [0.3, 0.4) is 0 Å². The summed E-state index contributed by atoms with van der Waals surface area (Å²) in [6.45, 7) is 6.01. The molecule has 0 aliphatic rings. The Morgan fingerprint density at radius 1 is 1.43 bits per heavy atom. The fourth-order valence-corrected chi connectivity index (χ4v) is 2.11. The van der Waals surface area contributed by atoms with Gasteiger partial charge in [-0.3, -0.25) is 4.79 Å². The maximum Gasteiger partial charge on any atom is 0.241 e. The van der Waals surface area contributed by atoms with Crippen molar-refractivity contribution < 1.29 is 4.79 Å². The lowest BCUT2D eigenvalue weighted by atomic mass is 10.0. The minimum Gasteiger partial charge on any atom is -0.325 e. The van der Waals surface area contributed by atoms with Gasteiger partial charge in [-0.15, -0.1) is 5.10 Å². The van der Waals surface area contributed by atoms with Crippen molar-refractivity contribution >= 4 is 11.6 Å². The highest BCUT2D eigenvalue weighted by Crippen LogP contribution is 2.18. The van der Waals surface area contributed by atoms with E-state index in [9.17, 15) is 4.79 Å². The second-order valence-electron chi connectivity index (χ2n) is 5.48. The molecule has 7 heteroatoms. The molecule has 0 saturated heterocycles. The van der Waals surface area contributed by atoms with Gasteiger partial charge < -0.3 is 11.1 Å². The predicted molar refractivity (Wildman–Crippen MR) is 80.0 cm³/mol. The van der Waals surface area contributed by atoms with Crippen molar-refractivity contribution in [1.82, 2.24) is 20.2 Å². The molecule has 2 rings (SSSR count). The van der Waals surface area contributed by atoms with E-state index in [1.54, 1.807) is 4.68 Å². The van der Waals surface area contributed by atoms with Crippen molar-refractivity contribution in [2.45, 2.75) is 33.2 Å². The van der Waals surface area contributed by atoms with Gasteiger partial charge in [0, 0.05) is 5.69 Å². The summed E-state index contributed by atoms with van der Waals surface area (Å²) in [4.78, 5) is 12.0. The first-order chi connectivity index (χ1) is 9.97. The Bertz CT molecular complexity index is 608. The molecule has 1 heterocycles. The zero-order valence-corrected chi connectivity index (χ0v) is 12.4. The molecule has 0 bridgehead atoms.